The van der Waals surface area contributed by atoms with E-state index in [1.165, 1.54) is 6.92 Å². The molecule has 1 aliphatic carbocycles. The first-order valence-electron chi connectivity index (χ1n) is 8.76. The predicted octanol–water partition coefficient (Wildman–Crippen LogP) is 3.94. The molecule has 132 valence electrons. The molecular weight excluding hydrogens is 342 g/mol. The molecule has 0 radical (unpaired) electrons. The number of para-hydroxylation sites is 1. The summed E-state index contributed by atoms with van der Waals surface area (Å²) in [6, 6.07) is 14.7. The number of carbonyl (C=O) groups is 3. The van der Waals surface area contributed by atoms with Crippen molar-refractivity contribution < 1.29 is 19.1 Å². The number of ketones is 1. The number of ether oxygens (including phenoxy) is 1. The van der Waals surface area contributed by atoms with Crippen molar-refractivity contribution in [3.63, 3.8) is 0 Å². The summed E-state index contributed by atoms with van der Waals surface area (Å²) in [6.07, 6.45) is 1.82. The highest BCUT2D eigenvalue weighted by atomic mass is 16.5. The third-order valence-corrected chi connectivity index (χ3v) is 5.30. The molecule has 1 aliphatic heterocycles. The monoisotopic (exact) mass is 357 g/mol. The highest BCUT2D eigenvalue weighted by Crippen LogP contribution is 2.47. The van der Waals surface area contributed by atoms with Gasteiger partial charge in [-0.2, -0.15) is 0 Å². The molecule has 1 aromatic heterocycles. The van der Waals surface area contributed by atoms with Crippen molar-refractivity contribution in [1.29, 1.82) is 0 Å². The fourth-order valence-corrected chi connectivity index (χ4v) is 4.13. The molecule has 2 aliphatic rings. The number of hydrogen-bond acceptors (Lipinski definition) is 4. The maximum absolute atomic E-state index is 13.1. The molecular formula is C22H15NO4. The molecule has 5 rings (SSSR count). The van der Waals surface area contributed by atoms with E-state index in [9.17, 15) is 14.4 Å². The van der Waals surface area contributed by atoms with E-state index in [0.29, 0.717) is 22.5 Å². The summed E-state index contributed by atoms with van der Waals surface area (Å²) in [4.78, 5) is 37.5. The second kappa shape index (κ2) is 5.51. The van der Waals surface area contributed by atoms with E-state index >= 15 is 0 Å². The fraction of sp³-hybridized carbons (Fsp3) is 0.136. The maximum atomic E-state index is 13.1. The summed E-state index contributed by atoms with van der Waals surface area (Å²) in [5.74, 6) is -0.685. The first kappa shape index (κ1) is 15.8. The van der Waals surface area contributed by atoms with Crippen molar-refractivity contribution in [2.45, 2.75) is 19.3 Å². The fourth-order valence-electron chi connectivity index (χ4n) is 4.13. The lowest BCUT2D eigenvalue weighted by Crippen LogP contribution is -2.20. The quantitative estimate of drug-likeness (QED) is 0.619. The lowest BCUT2D eigenvalue weighted by molar-refractivity contribution is -0.137. The molecule has 0 spiro atoms. The van der Waals surface area contributed by atoms with Gasteiger partial charge in [-0.3, -0.25) is 19.0 Å². The molecule has 0 saturated carbocycles. The van der Waals surface area contributed by atoms with E-state index in [0.717, 1.165) is 16.5 Å². The SMILES string of the molecule is CC(=O)n1cc(C2CC(=O)OC3=C2C(=O)c2ccccc23)c2ccccc21. The van der Waals surface area contributed by atoms with Crippen LogP contribution >= 0.6 is 0 Å². The minimum absolute atomic E-state index is 0.0739. The van der Waals surface area contributed by atoms with E-state index in [1.54, 1.807) is 29.0 Å². The largest absolute Gasteiger partial charge is 0.425 e. The minimum atomic E-state index is -0.438. The summed E-state index contributed by atoms with van der Waals surface area (Å²) < 4.78 is 7.04. The third-order valence-electron chi connectivity index (χ3n) is 5.30. The smallest absolute Gasteiger partial charge is 0.312 e. The Morgan fingerprint density at radius 2 is 1.74 bits per heavy atom. The summed E-state index contributed by atoms with van der Waals surface area (Å²) in [6.45, 7) is 1.49. The summed E-state index contributed by atoms with van der Waals surface area (Å²) in [5.41, 5.74) is 3.28. The van der Waals surface area contributed by atoms with Crippen LogP contribution in [0.25, 0.3) is 16.7 Å². The lowest BCUT2D eigenvalue weighted by atomic mass is 9.85. The number of carbonyl (C=O) groups excluding carboxylic acids is 3. The normalized spacial score (nSPS) is 18.5. The Balaban J connectivity index is 1.76. The molecule has 1 unspecified atom stereocenters. The van der Waals surface area contributed by atoms with Crippen LogP contribution in [-0.4, -0.2) is 22.2 Å². The number of rotatable bonds is 1. The van der Waals surface area contributed by atoms with Crippen LogP contribution in [0.4, 0.5) is 0 Å². The predicted molar refractivity (Wildman–Crippen MR) is 99.4 cm³/mol. The Kier molecular flexibility index (Phi) is 3.22. The number of fused-ring (bicyclic) bond motifs is 3. The Bertz CT molecular complexity index is 1200. The zero-order valence-electron chi connectivity index (χ0n) is 14.6. The van der Waals surface area contributed by atoms with Gasteiger partial charge in [-0.25, -0.2) is 0 Å². The van der Waals surface area contributed by atoms with Crippen molar-refractivity contribution in [2.75, 3.05) is 0 Å². The van der Waals surface area contributed by atoms with Gasteiger partial charge in [-0.1, -0.05) is 42.5 Å². The third kappa shape index (κ3) is 2.15. The summed E-state index contributed by atoms with van der Waals surface area (Å²) in [5, 5.41) is 0.864. The molecule has 2 heterocycles. The maximum Gasteiger partial charge on any atom is 0.312 e. The van der Waals surface area contributed by atoms with Crippen molar-refractivity contribution in [3.8, 4) is 0 Å². The van der Waals surface area contributed by atoms with Crippen LogP contribution < -0.4 is 0 Å². The van der Waals surface area contributed by atoms with Gasteiger partial charge in [0.05, 0.1) is 17.5 Å². The van der Waals surface area contributed by atoms with E-state index in [4.69, 9.17) is 4.74 Å². The first-order valence-corrected chi connectivity index (χ1v) is 8.76. The number of esters is 1. The van der Waals surface area contributed by atoms with Crippen LogP contribution in [0.5, 0.6) is 0 Å². The highest BCUT2D eigenvalue weighted by Gasteiger charge is 2.42. The number of nitrogens with zero attached hydrogens (tertiary/aromatic N) is 1. The Morgan fingerprint density at radius 1 is 1.04 bits per heavy atom. The Labute approximate surface area is 154 Å². The number of Topliss-reactive ketones (excluding diaryl/α,β-unsaturated/α-hetero) is 1. The van der Waals surface area contributed by atoms with E-state index in [2.05, 4.69) is 0 Å². The molecule has 0 fully saturated rings. The summed E-state index contributed by atoms with van der Waals surface area (Å²) in [7, 11) is 0. The van der Waals surface area contributed by atoms with Crippen LogP contribution in [0, 0.1) is 0 Å². The van der Waals surface area contributed by atoms with Crippen LogP contribution in [0.3, 0.4) is 0 Å². The summed E-state index contributed by atoms with van der Waals surface area (Å²) >= 11 is 0. The van der Waals surface area contributed by atoms with Gasteiger partial charge in [0, 0.05) is 35.6 Å². The number of hydrogen-bond donors (Lipinski definition) is 0. The second-order valence-electron chi connectivity index (χ2n) is 6.84. The van der Waals surface area contributed by atoms with E-state index < -0.39 is 5.92 Å². The number of benzene rings is 2. The van der Waals surface area contributed by atoms with Gasteiger partial charge < -0.3 is 4.74 Å². The van der Waals surface area contributed by atoms with Gasteiger partial charge in [0.25, 0.3) is 0 Å². The van der Waals surface area contributed by atoms with Crippen LogP contribution in [0.2, 0.25) is 0 Å². The van der Waals surface area contributed by atoms with Gasteiger partial charge in [-0.05, 0) is 11.6 Å². The molecule has 27 heavy (non-hydrogen) atoms. The van der Waals surface area contributed by atoms with Gasteiger partial charge in [0.2, 0.25) is 5.91 Å². The topological polar surface area (TPSA) is 65.4 Å². The van der Waals surface area contributed by atoms with Crippen molar-refractivity contribution >= 4 is 34.3 Å². The van der Waals surface area contributed by atoms with E-state index in [1.807, 2.05) is 30.3 Å². The molecule has 3 aromatic rings. The molecule has 0 N–H and O–H groups in total. The molecule has 0 bridgehead atoms. The Morgan fingerprint density at radius 3 is 2.52 bits per heavy atom. The average molecular weight is 357 g/mol. The Hall–Kier alpha value is -3.47. The molecule has 1 atom stereocenters. The van der Waals surface area contributed by atoms with Crippen molar-refractivity contribution in [2.24, 2.45) is 0 Å². The van der Waals surface area contributed by atoms with Crippen molar-refractivity contribution in [3.05, 3.63) is 77.0 Å². The molecule has 0 amide bonds. The minimum Gasteiger partial charge on any atom is -0.425 e. The van der Waals surface area contributed by atoms with Crippen LogP contribution in [-0.2, 0) is 9.53 Å². The zero-order valence-corrected chi connectivity index (χ0v) is 14.6. The van der Waals surface area contributed by atoms with Crippen molar-refractivity contribution in [1.82, 2.24) is 4.57 Å². The lowest BCUT2D eigenvalue weighted by Gasteiger charge is -2.23. The zero-order chi connectivity index (χ0) is 18.7. The van der Waals surface area contributed by atoms with Crippen LogP contribution in [0.1, 0.15) is 45.5 Å². The highest BCUT2D eigenvalue weighted by molar-refractivity contribution is 6.22. The van der Waals surface area contributed by atoms with E-state index in [-0.39, 0.29) is 24.1 Å². The molecule has 5 heteroatoms. The molecule has 2 aromatic carbocycles. The number of allylic oxidation sites excluding steroid dienone is 1. The average Bonchev–Trinajstić information content (AvgIpc) is 3.19. The van der Waals surface area contributed by atoms with Gasteiger partial charge >= 0.3 is 5.97 Å². The van der Waals surface area contributed by atoms with Crippen LogP contribution in [0.15, 0.2) is 60.3 Å². The standard InChI is InChI=1S/C22H15NO4/c1-12(24)23-11-17(13-6-4-5-9-18(13)23)16-10-19(25)27-22-15-8-3-2-7-14(15)21(26)20(16)22/h2-9,11,16H,10H2,1H3. The second-order valence-corrected chi connectivity index (χ2v) is 6.84. The van der Waals surface area contributed by atoms with Gasteiger partial charge in [0.15, 0.2) is 5.78 Å². The van der Waals surface area contributed by atoms with Gasteiger partial charge in [-0.15, -0.1) is 0 Å². The van der Waals surface area contributed by atoms with Gasteiger partial charge in [0.1, 0.15) is 5.76 Å². The first-order chi connectivity index (χ1) is 13.1. The number of aromatic nitrogens is 1. The molecule has 0 saturated heterocycles. The molecule has 5 nitrogen and oxygen atoms in total.